The monoisotopic (exact) mass is 411 g/mol. The number of fused-ring (bicyclic) bond motifs is 3. The van der Waals surface area contributed by atoms with Gasteiger partial charge in [0.2, 0.25) is 11.8 Å². The molecule has 0 bridgehead atoms. The maximum absolute atomic E-state index is 13.5. The van der Waals surface area contributed by atoms with Crippen molar-refractivity contribution in [2.45, 2.75) is 18.8 Å². The molecular formula is C24H17N3O2S. The number of amides is 2. The van der Waals surface area contributed by atoms with Crippen LogP contribution in [-0.4, -0.2) is 16.8 Å². The third-order valence-electron chi connectivity index (χ3n) is 5.84. The molecule has 1 atom stereocenters. The molecule has 6 rings (SSSR count). The van der Waals surface area contributed by atoms with E-state index in [2.05, 4.69) is 22.4 Å². The van der Waals surface area contributed by atoms with Gasteiger partial charge in [-0.3, -0.25) is 14.5 Å². The van der Waals surface area contributed by atoms with Crippen LogP contribution in [-0.2, 0) is 22.4 Å². The Morgan fingerprint density at radius 2 is 1.73 bits per heavy atom. The molecule has 2 aliphatic heterocycles. The molecule has 0 spiro atoms. The van der Waals surface area contributed by atoms with E-state index in [-0.39, 0.29) is 11.8 Å². The van der Waals surface area contributed by atoms with E-state index in [1.165, 1.54) is 11.3 Å². The molecule has 0 saturated heterocycles. The minimum absolute atomic E-state index is 0.203. The van der Waals surface area contributed by atoms with Gasteiger partial charge < -0.3 is 5.32 Å². The zero-order valence-electron chi connectivity index (χ0n) is 16.0. The molecule has 146 valence electrons. The molecule has 1 unspecified atom stereocenters. The standard InChI is InChI=1S/C24H17N3O2S/c28-22(26-24-25-17-9-2-4-11-19(17)30-24)20-16-8-5-7-15-13-12-14-6-1-3-10-18(14)27(21(15)16)23(20)29/h1-11,20H,12-13H2,(H,25,26,28). The Kier molecular flexibility index (Phi) is 3.76. The Hall–Kier alpha value is -3.51. The van der Waals surface area contributed by atoms with Crippen LogP contribution in [0.2, 0.25) is 0 Å². The van der Waals surface area contributed by atoms with Crippen LogP contribution in [0.5, 0.6) is 0 Å². The lowest BCUT2D eigenvalue weighted by molar-refractivity contribution is -0.126. The molecule has 5 nitrogen and oxygen atoms in total. The fourth-order valence-corrected chi connectivity index (χ4v) is 5.37. The number of aryl methyl sites for hydroxylation is 2. The number of anilines is 3. The fourth-order valence-electron chi connectivity index (χ4n) is 4.50. The highest BCUT2D eigenvalue weighted by Gasteiger charge is 2.45. The smallest absolute Gasteiger partial charge is 0.248 e. The van der Waals surface area contributed by atoms with Gasteiger partial charge in [0, 0.05) is 0 Å². The number of aromatic nitrogens is 1. The number of hydrogen-bond acceptors (Lipinski definition) is 4. The van der Waals surface area contributed by atoms with E-state index in [1.807, 2.05) is 54.6 Å². The van der Waals surface area contributed by atoms with Crippen molar-refractivity contribution in [2.75, 3.05) is 10.2 Å². The molecule has 1 aromatic heterocycles. The molecule has 0 radical (unpaired) electrons. The molecular weight excluding hydrogens is 394 g/mol. The number of carbonyl (C=O) groups excluding carboxylic acids is 2. The Bertz CT molecular complexity index is 1310. The molecule has 0 aliphatic carbocycles. The average molecular weight is 411 g/mol. The number of nitrogens with one attached hydrogen (secondary N) is 1. The highest BCUT2D eigenvalue weighted by Crippen LogP contribution is 2.47. The van der Waals surface area contributed by atoms with Gasteiger partial charge in [0.05, 0.1) is 21.6 Å². The van der Waals surface area contributed by atoms with Crippen molar-refractivity contribution in [1.82, 2.24) is 4.98 Å². The van der Waals surface area contributed by atoms with E-state index in [0.717, 1.165) is 51.1 Å². The Morgan fingerprint density at radius 3 is 2.63 bits per heavy atom. The van der Waals surface area contributed by atoms with Crippen molar-refractivity contribution in [2.24, 2.45) is 0 Å². The highest BCUT2D eigenvalue weighted by atomic mass is 32.1. The van der Waals surface area contributed by atoms with Crippen molar-refractivity contribution in [3.63, 3.8) is 0 Å². The second-order valence-corrected chi connectivity index (χ2v) is 8.60. The van der Waals surface area contributed by atoms with Crippen LogP contribution in [0, 0.1) is 0 Å². The molecule has 3 heterocycles. The van der Waals surface area contributed by atoms with Gasteiger partial charge in [0.15, 0.2) is 5.13 Å². The third-order valence-corrected chi connectivity index (χ3v) is 6.79. The van der Waals surface area contributed by atoms with E-state index in [4.69, 9.17) is 0 Å². The highest BCUT2D eigenvalue weighted by molar-refractivity contribution is 7.22. The van der Waals surface area contributed by atoms with Crippen LogP contribution < -0.4 is 10.2 Å². The van der Waals surface area contributed by atoms with E-state index >= 15 is 0 Å². The van der Waals surface area contributed by atoms with Gasteiger partial charge in [-0.2, -0.15) is 0 Å². The summed E-state index contributed by atoms with van der Waals surface area (Å²) in [4.78, 5) is 33.0. The van der Waals surface area contributed by atoms with Crippen LogP contribution in [0.3, 0.4) is 0 Å². The van der Waals surface area contributed by atoms with Crippen molar-refractivity contribution in [3.8, 4) is 0 Å². The van der Waals surface area contributed by atoms with Gasteiger partial charge in [-0.05, 0) is 47.7 Å². The van der Waals surface area contributed by atoms with E-state index in [0.29, 0.717) is 5.13 Å². The number of carbonyl (C=O) groups is 2. The Labute approximate surface area is 177 Å². The van der Waals surface area contributed by atoms with Crippen molar-refractivity contribution >= 4 is 49.9 Å². The third kappa shape index (κ3) is 2.50. The summed E-state index contributed by atoms with van der Waals surface area (Å²) in [6, 6.07) is 21.6. The molecule has 30 heavy (non-hydrogen) atoms. The SMILES string of the molecule is O=C(Nc1nc2ccccc2s1)C1C(=O)N2c3ccccc3CCc3cccc1c32. The first-order valence-electron chi connectivity index (χ1n) is 9.91. The summed E-state index contributed by atoms with van der Waals surface area (Å²) >= 11 is 1.41. The average Bonchev–Trinajstić information content (AvgIpc) is 3.23. The molecule has 0 fully saturated rings. The van der Waals surface area contributed by atoms with Crippen LogP contribution in [0.25, 0.3) is 10.2 Å². The molecule has 4 aromatic rings. The minimum Gasteiger partial charge on any atom is -0.301 e. The van der Waals surface area contributed by atoms with E-state index in [1.54, 1.807) is 4.90 Å². The van der Waals surface area contributed by atoms with Gasteiger partial charge in [0.25, 0.3) is 0 Å². The summed E-state index contributed by atoms with van der Waals surface area (Å²) in [6.07, 6.45) is 1.72. The summed E-state index contributed by atoms with van der Waals surface area (Å²) in [5.41, 5.74) is 5.59. The molecule has 0 saturated carbocycles. The second-order valence-electron chi connectivity index (χ2n) is 7.57. The predicted octanol–water partition coefficient (Wildman–Crippen LogP) is 4.80. The number of nitrogens with zero attached hydrogens (tertiary/aromatic N) is 2. The molecule has 1 N–H and O–H groups in total. The number of benzene rings is 3. The summed E-state index contributed by atoms with van der Waals surface area (Å²) in [5, 5.41) is 3.40. The topological polar surface area (TPSA) is 62.3 Å². The second kappa shape index (κ2) is 6.50. The summed E-state index contributed by atoms with van der Waals surface area (Å²) in [7, 11) is 0. The van der Waals surface area contributed by atoms with Gasteiger partial charge in [-0.25, -0.2) is 4.98 Å². The first kappa shape index (κ1) is 17.4. The van der Waals surface area contributed by atoms with E-state index < -0.39 is 5.92 Å². The van der Waals surface area contributed by atoms with Gasteiger partial charge >= 0.3 is 0 Å². The lowest BCUT2D eigenvalue weighted by atomic mass is 9.95. The Balaban J connectivity index is 1.42. The van der Waals surface area contributed by atoms with Crippen molar-refractivity contribution < 1.29 is 9.59 Å². The maximum Gasteiger partial charge on any atom is 0.248 e. The van der Waals surface area contributed by atoms with Gasteiger partial charge in [-0.1, -0.05) is 59.9 Å². The number of para-hydroxylation sites is 3. The Morgan fingerprint density at radius 1 is 0.967 bits per heavy atom. The lowest BCUT2D eigenvalue weighted by Gasteiger charge is -2.20. The quantitative estimate of drug-likeness (QED) is 0.482. The molecule has 2 amide bonds. The number of rotatable bonds is 2. The van der Waals surface area contributed by atoms with Crippen LogP contribution in [0.1, 0.15) is 22.6 Å². The van der Waals surface area contributed by atoms with Crippen LogP contribution >= 0.6 is 11.3 Å². The summed E-state index contributed by atoms with van der Waals surface area (Å²) < 4.78 is 0.998. The van der Waals surface area contributed by atoms with Crippen LogP contribution in [0.4, 0.5) is 16.5 Å². The molecule has 3 aromatic carbocycles. The van der Waals surface area contributed by atoms with Crippen LogP contribution in [0.15, 0.2) is 66.7 Å². The fraction of sp³-hybridized carbons (Fsp3) is 0.125. The first-order valence-corrected chi connectivity index (χ1v) is 10.7. The first-order chi connectivity index (χ1) is 14.7. The van der Waals surface area contributed by atoms with Gasteiger partial charge in [-0.15, -0.1) is 0 Å². The van der Waals surface area contributed by atoms with Gasteiger partial charge in [0.1, 0.15) is 5.92 Å². The van der Waals surface area contributed by atoms with E-state index in [9.17, 15) is 9.59 Å². The largest absolute Gasteiger partial charge is 0.301 e. The zero-order chi connectivity index (χ0) is 20.2. The normalized spacial score (nSPS) is 16.9. The number of thiazole rings is 1. The molecule has 2 aliphatic rings. The summed E-state index contributed by atoms with van der Waals surface area (Å²) in [5.74, 6) is -1.42. The zero-order valence-corrected chi connectivity index (χ0v) is 16.8. The van der Waals surface area contributed by atoms with Crippen molar-refractivity contribution in [1.29, 1.82) is 0 Å². The predicted molar refractivity (Wildman–Crippen MR) is 118 cm³/mol. The van der Waals surface area contributed by atoms with Crippen molar-refractivity contribution in [3.05, 3.63) is 83.4 Å². The number of hydrogen-bond donors (Lipinski definition) is 1. The molecule has 6 heteroatoms. The maximum atomic E-state index is 13.5. The summed E-state index contributed by atoms with van der Waals surface area (Å²) in [6.45, 7) is 0. The lowest BCUT2D eigenvalue weighted by Crippen LogP contribution is -2.31. The minimum atomic E-state index is -0.877.